The number of carbonyl (C=O) groups excluding carboxylic acids is 1. The monoisotopic (exact) mass is 411 g/mol. The lowest BCUT2D eigenvalue weighted by Crippen LogP contribution is -2.49. The van der Waals surface area contributed by atoms with Gasteiger partial charge in [-0.25, -0.2) is 14.6 Å². The first-order chi connectivity index (χ1) is 14.3. The molecule has 0 aromatic carbocycles. The van der Waals surface area contributed by atoms with Crippen LogP contribution in [0.15, 0.2) is 30.0 Å². The SMILES string of the molecule is O=C(CN1CCN(c2ncnc3sccc23)CC1)Nc1ccnn1C1CCCC1. The molecule has 3 aromatic heterocycles. The van der Waals surface area contributed by atoms with E-state index in [1.807, 2.05) is 10.7 Å². The maximum absolute atomic E-state index is 12.6. The fourth-order valence-electron chi connectivity index (χ4n) is 4.39. The summed E-state index contributed by atoms with van der Waals surface area (Å²) in [6.07, 6.45) is 8.19. The van der Waals surface area contributed by atoms with Gasteiger partial charge in [0, 0.05) is 32.2 Å². The minimum Gasteiger partial charge on any atom is -0.353 e. The van der Waals surface area contributed by atoms with E-state index >= 15 is 0 Å². The maximum Gasteiger partial charge on any atom is 0.239 e. The molecule has 8 nitrogen and oxygen atoms in total. The van der Waals surface area contributed by atoms with Crippen molar-refractivity contribution < 1.29 is 4.79 Å². The number of piperazine rings is 1. The van der Waals surface area contributed by atoms with Gasteiger partial charge >= 0.3 is 0 Å². The van der Waals surface area contributed by atoms with Gasteiger partial charge in [0.25, 0.3) is 0 Å². The lowest BCUT2D eigenvalue weighted by atomic mass is 10.2. The summed E-state index contributed by atoms with van der Waals surface area (Å²) in [7, 11) is 0. The van der Waals surface area contributed by atoms with Gasteiger partial charge in [-0.05, 0) is 24.3 Å². The summed E-state index contributed by atoms with van der Waals surface area (Å²) in [5, 5.41) is 10.7. The minimum absolute atomic E-state index is 0.0282. The summed E-state index contributed by atoms with van der Waals surface area (Å²) >= 11 is 1.64. The largest absolute Gasteiger partial charge is 0.353 e. The lowest BCUT2D eigenvalue weighted by Gasteiger charge is -2.35. The highest BCUT2D eigenvalue weighted by Crippen LogP contribution is 2.31. The van der Waals surface area contributed by atoms with Gasteiger partial charge in [0.15, 0.2) is 0 Å². The Balaban J connectivity index is 1.17. The van der Waals surface area contributed by atoms with E-state index in [4.69, 9.17) is 0 Å². The van der Waals surface area contributed by atoms with Gasteiger partial charge in [0.1, 0.15) is 22.8 Å². The molecule has 1 saturated carbocycles. The van der Waals surface area contributed by atoms with Crippen molar-refractivity contribution in [3.8, 4) is 0 Å². The van der Waals surface area contributed by atoms with E-state index in [1.54, 1.807) is 23.9 Å². The van der Waals surface area contributed by atoms with Crippen LogP contribution in [0.2, 0.25) is 0 Å². The van der Waals surface area contributed by atoms with Crippen LogP contribution in [0.5, 0.6) is 0 Å². The number of amides is 1. The molecule has 1 saturated heterocycles. The van der Waals surface area contributed by atoms with Crippen molar-refractivity contribution in [1.82, 2.24) is 24.6 Å². The van der Waals surface area contributed by atoms with Gasteiger partial charge in [-0.2, -0.15) is 5.10 Å². The fraction of sp³-hybridized carbons (Fsp3) is 0.500. The quantitative estimate of drug-likeness (QED) is 0.696. The topological polar surface area (TPSA) is 79.2 Å². The normalized spacial score (nSPS) is 18.6. The first-order valence-corrected chi connectivity index (χ1v) is 11.1. The minimum atomic E-state index is 0.0282. The molecule has 3 aromatic rings. The first kappa shape index (κ1) is 18.5. The number of anilines is 2. The molecule has 5 rings (SSSR count). The van der Waals surface area contributed by atoms with E-state index in [9.17, 15) is 4.79 Å². The Hall–Kier alpha value is -2.52. The summed E-state index contributed by atoms with van der Waals surface area (Å²) in [4.78, 5) is 27.0. The number of hydrogen-bond donors (Lipinski definition) is 1. The second-order valence-electron chi connectivity index (χ2n) is 7.75. The van der Waals surface area contributed by atoms with Gasteiger partial charge in [-0.1, -0.05) is 12.8 Å². The van der Waals surface area contributed by atoms with Crippen LogP contribution in [0.25, 0.3) is 10.2 Å². The number of nitrogens with one attached hydrogen (secondary N) is 1. The van der Waals surface area contributed by atoms with Gasteiger partial charge in [-0.15, -0.1) is 11.3 Å². The second kappa shape index (κ2) is 8.08. The van der Waals surface area contributed by atoms with Gasteiger partial charge in [0.05, 0.1) is 24.2 Å². The van der Waals surface area contributed by atoms with Crippen LogP contribution in [0.4, 0.5) is 11.6 Å². The number of thiophene rings is 1. The van der Waals surface area contributed by atoms with Gasteiger partial charge < -0.3 is 10.2 Å². The number of hydrogen-bond acceptors (Lipinski definition) is 7. The molecule has 0 atom stereocenters. The predicted octanol–water partition coefficient (Wildman–Crippen LogP) is 2.76. The zero-order valence-electron chi connectivity index (χ0n) is 16.3. The summed E-state index contributed by atoms with van der Waals surface area (Å²) < 4.78 is 1.99. The summed E-state index contributed by atoms with van der Waals surface area (Å²) in [5.74, 6) is 1.85. The first-order valence-electron chi connectivity index (χ1n) is 10.3. The Labute approximate surface area is 173 Å². The zero-order chi connectivity index (χ0) is 19.6. The molecule has 1 aliphatic carbocycles. The molecule has 29 heavy (non-hydrogen) atoms. The second-order valence-corrected chi connectivity index (χ2v) is 8.64. The molecule has 1 aliphatic heterocycles. The molecule has 0 spiro atoms. The Morgan fingerprint density at radius 2 is 1.97 bits per heavy atom. The molecule has 152 valence electrons. The molecule has 0 radical (unpaired) electrons. The number of aromatic nitrogens is 4. The van der Waals surface area contributed by atoms with Crippen molar-refractivity contribution >= 4 is 39.1 Å². The lowest BCUT2D eigenvalue weighted by molar-refractivity contribution is -0.117. The van der Waals surface area contributed by atoms with E-state index in [0.717, 1.165) is 60.9 Å². The van der Waals surface area contributed by atoms with Crippen molar-refractivity contribution in [3.63, 3.8) is 0 Å². The van der Waals surface area contributed by atoms with Crippen LogP contribution in [0.1, 0.15) is 31.7 Å². The van der Waals surface area contributed by atoms with Crippen molar-refractivity contribution in [3.05, 3.63) is 30.0 Å². The molecule has 1 amide bonds. The van der Waals surface area contributed by atoms with E-state index in [0.29, 0.717) is 12.6 Å². The van der Waals surface area contributed by atoms with E-state index in [-0.39, 0.29) is 5.91 Å². The summed E-state index contributed by atoms with van der Waals surface area (Å²) in [6.45, 7) is 3.79. The number of fused-ring (bicyclic) bond motifs is 1. The van der Waals surface area contributed by atoms with E-state index in [2.05, 4.69) is 41.6 Å². The van der Waals surface area contributed by atoms with Gasteiger partial charge in [-0.3, -0.25) is 9.69 Å². The third-order valence-electron chi connectivity index (χ3n) is 5.89. The van der Waals surface area contributed by atoms with E-state index < -0.39 is 0 Å². The van der Waals surface area contributed by atoms with Crippen LogP contribution in [0, 0.1) is 0 Å². The average Bonchev–Trinajstić information content (AvgIpc) is 3.49. The van der Waals surface area contributed by atoms with Gasteiger partial charge in [0.2, 0.25) is 5.91 Å². The average molecular weight is 412 g/mol. The van der Waals surface area contributed by atoms with Crippen LogP contribution in [-0.2, 0) is 4.79 Å². The standard InChI is InChI=1S/C20H25N7OS/c28-18(24-17-5-7-23-27(17)15-3-1-2-4-15)13-25-8-10-26(11-9-25)19-16-6-12-29-20(16)22-14-21-19/h5-7,12,14-15H,1-4,8-11,13H2,(H,24,28). The smallest absolute Gasteiger partial charge is 0.239 e. The molecule has 2 aliphatic rings. The third-order valence-corrected chi connectivity index (χ3v) is 6.71. The highest BCUT2D eigenvalue weighted by molar-refractivity contribution is 7.16. The number of nitrogens with zero attached hydrogens (tertiary/aromatic N) is 6. The predicted molar refractivity (Wildman–Crippen MR) is 114 cm³/mol. The summed E-state index contributed by atoms with van der Waals surface area (Å²) in [5.41, 5.74) is 0. The highest BCUT2D eigenvalue weighted by Gasteiger charge is 2.23. The molecule has 0 bridgehead atoms. The Morgan fingerprint density at radius 3 is 2.79 bits per heavy atom. The molecule has 9 heteroatoms. The Morgan fingerprint density at radius 1 is 1.14 bits per heavy atom. The zero-order valence-corrected chi connectivity index (χ0v) is 17.1. The molecular formula is C20H25N7OS. The third kappa shape index (κ3) is 3.84. The fourth-order valence-corrected chi connectivity index (χ4v) is 5.11. The van der Waals surface area contributed by atoms with Crippen LogP contribution in [0.3, 0.4) is 0 Å². The number of rotatable bonds is 5. The number of carbonyl (C=O) groups is 1. The molecule has 0 unspecified atom stereocenters. The maximum atomic E-state index is 12.6. The van der Waals surface area contributed by atoms with Crippen molar-refractivity contribution in [2.45, 2.75) is 31.7 Å². The van der Waals surface area contributed by atoms with Crippen molar-refractivity contribution in [2.24, 2.45) is 0 Å². The molecule has 4 heterocycles. The Kier molecular flexibility index (Phi) is 5.15. The van der Waals surface area contributed by atoms with Crippen molar-refractivity contribution in [2.75, 3.05) is 42.9 Å². The molecule has 2 fully saturated rings. The van der Waals surface area contributed by atoms with E-state index in [1.165, 1.54) is 12.8 Å². The highest BCUT2D eigenvalue weighted by atomic mass is 32.1. The molecule has 1 N–H and O–H groups in total. The van der Waals surface area contributed by atoms with Crippen LogP contribution >= 0.6 is 11.3 Å². The summed E-state index contributed by atoms with van der Waals surface area (Å²) in [6, 6.07) is 4.41. The van der Waals surface area contributed by atoms with Crippen molar-refractivity contribution in [1.29, 1.82) is 0 Å². The van der Waals surface area contributed by atoms with Crippen LogP contribution in [-0.4, -0.2) is 63.3 Å². The Bertz CT molecular complexity index is 986. The van der Waals surface area contributed by atoms with Crippen LogP contribution < -0.4 is 10.2 Å². The molecular weight excluding hydrogens is 386 g/mol.